The van der Waals surface area contributed by atoms with Crippen LogP contribution in [0.2, 0.25) is 0 Å². The highest BCUT2D eigenvalue weighted by Gasteiger charge is 2.28. The Morgan fingerprint density at radius 2 is 2.08 bits per heavy atom. The topological polar surface area (TPSA) is 102 Å². The molecular weight excluding hydrogens is 319 g/mol. The maximum Gasteiger partial charge on any atom is 0.310 e. The molecule has 128 valence electrons. The van der Waals surface area contributed by atoms with E-state index in [1.807, 2.05) is 0 Å². The molecule has 0 spiro atoms. The monoisotopic (exact) mass is 336 g/mol. The maximum atomic E-state index is 13.4. The van der Waals surface area contributed by atoms with Crippen molar-refractivity contribution in [3.05, 3.63) is 47.6 Å². The standard InChI is InChI=1S/C16H17FN2O5/c1-16(2,15(21)22)9-18-14(20)12-7-10(24-19-12)8-23-13-6-4-3-5-11(13)17/h3-7H,8-9H2,1-2H3,(H,18,20)(H,21,22). The van der Waals surface area contributed by atoms with Gasteiger partial charge in [0.15, 0.2) is 23.0 Å². The number of benzene rings is 1. The molecule has 0 bridgehead atoms. The van der Waals surface area contributed by atoms with Crippen molar-refractivity contribution in [3.8, 4) is 5.75 Å². The molecule has 0 atom stereocenters. The molecule has 1 aromatic heterocycles. The molecule has 1 amide bonds. The number of hydrogen-bond acceptors (Lipinski definition) is 5. The van der Waals surface area contributed by atoms with E-state index in [0.29, 0.717) is 0 Å². The van der Waals surface area contributed by atoms with Gasteiger partial charge in [0, 0.05) is 12.6 Å². The zero-order valence-corrected chi connectivity index (χ0v) is 13.2. The lowest BCUT2D eigenvalue weighted by Crippen LogP contribution is -2.39. The van der Waals surface area contributed by atoms with E-state index in [2.05, 4.69) is 10.5 Å². The van der Waals surface area contributed by atoms with E-state index in [0.717, 1.165) is 0 Å². The number of rotatable bonds is 7. The van der Waals surface area contributed by atoms with Gasteiger partial charge in [0.05, 0.1) is 5.41 Å². The average Bonchev–Trinajstić information content (AvgIpc) is 3.01. The van der Waals surface area contributed by atoms with Gasteiger partial charge in [-0.05, 0) is 26.0 Å². The van der Waals surface area contributed by atoms with Gasteiger partial charge in [-0.3, -0.25) is 9.59 Å². The highest BCUT2D eigenvalue weighted by atomic mass is 19.1. The number of carboxylic acids is 1. The average molecular weight is 336 g/mol. The van der Waals surface area contributed by atoms with Crippen LogP contribution in [-0.4, -0.2) is 28.7 Å². The van der Waals surface area contributed by atoms with Crippen molar-refractivity contribution in [3.63, 3.8) is 0 Å². The van der Waals surface area contributed by atoms with Crippen LogP contribution in [0.3, 0.4) is 0 Å². The summed E-state index contributed by atoms with van der Waals surface area (Å²) in [5, 5.41) is 15.1. The Bertz CT molecular complexity index is 742. The lowest BCUT2D eigenvalue weighted by Gasteiger charge is -2.18. The van der Waals surface area contributed by atoms with Crippen LogP contribution in [-0.2, 0) is 11.4 Å². The van der Waals surface area contributed by atoms with Crippen molar-refractivity contribution in [1.29, 1.82) is 0 Å². The minimum atomic E-state index is -1.10. The van der Waals surface area contributed by atoms with Crippen LogP contribution in [0.15, 0.2) is 34.9 Å². The molecule has 0 aliphatic heterocycles. The molecule has 0 unspecified atom stereocenters. The van der Waals surface area contributed by atoms with E-state index in [1.54, 1.807) is 6.07 Å². The normalized spacial score (nSPS) is 11.1. The molecule has 1 heterocycles. The molecule has 0 fully saturated rings. The summed E-state index contributed by atoms with van der Waals surface area (Å²) in [5.74, 6) is -1.80. The number of aromatic nitrogens is 1. The van der Waals surface area contributed by atoms with Crippen LogP contribution in [0.4, 0.5) is 4.39 Å². The molecular formula is C16H17FN2O5. The summed E-state index contributed by atoms with van der Waals surface area (Å²) in [6.45, 7) is 2.83. The molecule has 7 nitrogen and oxygen atoms in total. The largest absolute Gasteiger partial charge is 0.482 e. The number of halogens is 1. The fourth-order valence-corrected chi connectivity index (χ4v) is 1.67. The highest BCUT2D eigenvalue weighted by molar-refractivity contribution is 5.92. The van der Waals surface area contributed by atoms with Crippen LogP contribution in [0.1, 0.15) is 30.1 Å². The molecule has 0 saturated heterocycles. The first-order chi connectivity index (χ1) is 11.3. The number of carbonyl (C=O) groups excluding carboxylic acids is 1. The highest BCUT2D eigenvalue weighted by Crippen LogP contribution is 2.17. The number of ether oxygens (including phenoxy) is 1. The molecule has 0 radical (unpaired) electrons. The Morgan fingerprint density at radius 1 is 1.38 bits per heavy atom. The first-order valence-electron chi connectivity index (χ1n) is 7.14. The molecule has 2 rings (SSSR count). The van der Waals surface area contributed by atoms with Gasteiger partial charge in [-0.1, -0.05) is 17.3 Å². The Labute approximate surface area is 137 Å². The molecule has 0 aliphatic rings. The maximum absolute atomic E-state index is 13.4. The Morgan fingerprint density at radius 3 is 2.75 bits per heavy atom. The molecule has 8 heteroatoms. The summed E-state index contributed by atoms with van der Waals surface area (Å²) >= 11 is 0. The van der Waals surface area contributed by atoms with Crippen molar-refractivity contribution in [2.24, 2.45) is 5.41 Å². The molecule has 1 aromatic carbocycles. The zero-order valence-electron chi connectivity index (χ0n) is 13.2. The lowest BCUT2D eigenvalue weighted by molar-refractivity contribution is -0.146. The van der Waals surface area contributed by atoms with E-state index in [4.69, 9.17) is 14.4 Å². The fraction of sp³-hybridized carbons (Fsp3) is 0.312. The van der Waals surface area contributed by atoms with Crippen LogP contribution >= 0.6 is 0 Å². The van der Waals surface area contributed by atoms with Crippen molar-refractivity contribution in [2.45, 2.75) is 20.5 Å². The van der Waals surface area contributed by atoms with Gasteiger partial charge in [0.2, 0.25) is 0 Å². The zero-order chi connectivity index (χ0) is 17.7. The van der Waals surface area contributed by atoms with Gasteiger partial charge in [-0.2, -0.15) is 0 Å². The SMILES string of the molecule is CC(C)(CNC(=O)c1cc(COc2ccccc2F)on1)C(=O)O. The fourth-order valence-electron chi connectivity index (χ4n) is 1.67. The summed E-state index contributed by atoms with van der Waals surface area (Å²) in [4.78, 5) is 22.9. The van der Waals surface area contributed by atoms with Gasteiger partial charge >= 0.3 is 5.97 Å². The summed E-state index contributed by atoms with van der Waals surface area (Å²) in [5.41, 5.74) is -1.11. The first kappa shape index (κ1) is 17.5. The van der Waals surface area contributed by atoms with Crippen LogP contribution in [0.25, 0.3) is 0 Å². The van der Waals surface area contributed by atoms with E-state index in [-0.39, 0.29) is 30.4 Å². The number of amides is 1. The van der Waals surface area contributed by atoms with Crippen molar-refractivity contribution in [2.75, 3.05) is 6.54 Å². The van der Waals surface area contributed by atoms with Crippen molar-refractivity contribution in [1.82, 2.24) is 10.5 Å². The molecule has 0 saturated carbocycles. The third-order valence-corrected chi connectivity index (χ3v) is 3.27. The predicted molar refractivity (Wildman–Crippen MR) is 81.0 cm³/mol. The summed E-state index contributed by atoms with van der Waals surface area (Å²) in [7, 11) is 0. The van der Waals surface area contributed by atoms with Crippen LogP contribution in [0, 0.1) is 11.2 Å². The number of hydrogen-bond donors (Lipinski definition) is 2. The second-order valence-corrected chi connectivity index (χ2v) is 5.77. The minimum Gasteiger partial charge on any atom is -0.482 e. The Balaban J connectivity index is 1.92. The van der Waals surface area contributed by atoms with Gasteiger partial charge in [0.25, 0.3) is 5.91 Å². The number of nitrogens with one attached hydrogen (secondary N) is 1. The van der Waals surface area contributed by atoms with Gasteiger partial charge in [0.1, 0.15) is 6.61 Å². The van der Waals surface area contributed by atoms with Crippen LogP contribution in [0.5, 0.6) is 5.75 Å². The number of nitrogens with zero attached hydrogens (tertiary/aromatic N) is 1. The molecule has 2 aromatic rings. The molecule has 0 aliphatic carbocycles. The van der Waals surface area contributed by atoms with Gasteiger partial charge in [-0.15, -0.1) is 0 Å². The summed E-state index contributed by atoms with van der Waals surface area (Å²) < 4.78 is 23.6. The Kier molecular flexibility index (Phi) is 5.18. The van der Waals surface area contributed by atoms with Gasteiger partial charge in [-0.25, -0.2) is 4.39 Å². The van der Waals surface area contributed by atoms with E-state index >= 15 is 0 Å². The second kappa shape index (κ2) is 7.12. The van der Waals surface area contributed by atoms with E-state index < -0.39 is 23.1 Å². The minimum absolute atomic E-state index is 0.0108. The number of carbonyl (C=O) groups is 2. The van der Waals surface area contributed by atoms with Crippen molar-refractivity contribution < 1.29 is 28.3 Å². The van der Waals surface area contributed by atoms with Crippen molar-refractivity contribution >= 4 is 11.9 Å². The lowest BCUT2D eigenvalue weighted by atomic mass is 9.94. The number of carboxylic acid groups (broad SMARTS) is 1. The van der Waals surface area contributed by atoms with Crippen LogP contribution < -0.4 is 10.1 Å². The van der Waals surface area contributed by atoms with Gasteiger partial charge < -0.3 is 19.7 Å². The summed E-state index contributed by atoms with van der Waals surface area (Å²) in [6.07, 6.45) is 0. The quantitative estimate of drug-likeness (QED) is 0.804. The smallest absolute Gasteiger partial charge is 0.310 e. The number of para-hydroxylation sites is 1. The molecule has 24 heavy (non-hydrogen) atoms. The predicted octanol–water partition coefficient (Wildman–Crippen LogP) is 2.23. The number of aliphatic carboxylic acids is 1. The first-order valence-corrected chi connectivity index (χ1v) is 7.14. The molecule has 2 N–H and O–H groups in total. The third-order valence-electron chi connectivity index (χ3n) is 3.27. The van der Waals surface area contributed by atoms with E-state index in [1.165, 1.54) is 38.1 Å². The second-order valence-electron chi connectivity index (χ2n) is 5.77. The van der Waals surface area contributed by atoms with E-state index in [9.17, 15) is 14.0 Å². The Hall–Kier alpha value is -2.90. The third kappa shape index (κ3) is 4.31. The summed E-state index contributed by atoms with van der Waals surface area (Å²) in [6, 6.07) is 7.25.